The summed E-state index contributed by atoms with van der Waals surface area (Å²) in [4.78, 5) is 15.0. The van der Waals surface area contributed by atoms with E-state index < -0.39 is 16.0 Å². The number of aromatic nitrogens is 1. The standard InChI is InChI=1S/C19H20N2O6S/c1-11-5-7-14-13(9-11)17(18(20-14)19(22)27-4)21-28(23,24)16-8-6-12(25-2)10-15(16)26-3/h5-10,20-21H,1-4H3. The van der Waals surface area contributed by atoms with E-state index in [1.54, 1.807) is 12.1 Å². The van der Waals surface area contributed by atoms with Crippen LogP contribution in [0.15, 0.2) is 41.3 Å². The number of rotatable bonds is 6. The molecule has 0 bridgehead atoms. The van der Waals surface area contributed by atoms with Crippen molar-refractivity contribution in [2.45, 2.75) is 11.8 Å². The number of methoxy groups -OCH3 is 3. The Labute approximate surface area is 162 Å². The topological polar surface area (TPSA) is 107 Å². The van der Waals surface area contributed by atoms with E-state index in [0.717, 1.165) is 5.56 Å². The Kier molecular flexibility index (Phi) is 5.19. The maximum atomic E-state index is 13.1. The minimum absolute atomic E-state index is 0.0131. The van der Waals surface area contributed by atoms with Gasteiger partial charge in [0.2, 0.25) is 0 Å². The van der Waals surface area contributed by atoms with Crippen molar-refractivity contribution in [3.63, 3.8) is 0 Å². The van der Waals surface area contributed by atoms with Crippen LogP contribution in [0.5, 0.6) is 11.5 Å². The molecule has 9 heteroatoms. The summed E-state index contributed by atoms with van der Waals surface area (Å²) in [5.41, 5.74) is 1.64. The quantitative estimate of drug-likeness (QED) is 0.612. The largest absolute Gasteiger partial charge is 0.497 e. The van der Waals surface area contributed by atoms with Crippen LogP contribution >= 0.6 is 0 Å². The van der Waals surface area contributed by atoms with Gasteiger partial charge in [0.15, 0.2) is 5.69 Å². The molecule has 28 heavy (non-hydrogen) atoms. The molecule has 0 atom stereocenters. The highest BCUT2D eigenvalue weighted by molar-refractivity contribution is 7.92. The van der Waals surface area contributed by atoms with Crippen LogP contribution in [0.2, 0.25) is 0 Å². The third-order valence-corrected chi connectivity index (χ3v) is 5.63. The molecule has 0 amide bonds. The number of esters is 1. The second-order valence-corrected chi connectivity index (χ2v) is 7.69. The van der Waals surface area contributed by atoms with Gasteiger partial charge in [0, 0.05) is 17.0 Å². The highest BCUT2D eigenvalue weighted by Gasteiger charge is 2.26. The van der Waals surface area contributed by atoms with Crippen LogP contribution in [-0.4, -0.2) is 40.7 Å². The number of fused-ring (bicyclic) bond motifs is 1. The minimum Gasteiger partial charge on any atom is -0.497 e. The molecule has 0 fully saturated rings. The number of H-pyrrole nitrogens is 1. The first kappa shape index (κ1) is 19.6. The number of sulfonamides is 1. The smallest absolute Gasteiger partial charge is 0.356 e. The van der Waals surface area contributed by atoms with Gasteiger partial charge in [0.05, 0.1) is 27.0 Å². The molecule has 0 spiro atoms. The van der Waals surface area contributed by atoms with Crippen LogP contribution in [0, 0.1) is 6.92 Å². The Hall–Kier alpha value is -3.20. The van der Waals surface area contributed by atoms with Crippen LogP contribution in [0.25, 0.3) is 10.9 Å². The first-order valence-corrected chi connectivity index (χ1v) is 9.74. The van der Waals surface area contributed by atoms with Crippen molar-refractivity contribution < 1.29 is 27.4 Å². The maximum absolute atomic E-state index is 13.1. The van der Waals surface area contributed by atoms with Crippen molar-refractivity contribution in [1.29, 1.82) is 0 Å². The number of carbonyl (C=O) groups excluding carboxylic acids is 1. The lowest BCUT2D eigenvalue weighted by molar-refractivity contribution is 0.0596. The van der Waals surface area contributed by atoms with E-state index >= 15 is 0 Å². The van der Waals surface area contributed by atoms with Gasteiger partial charge in [0.25, 0.3) is 10.0 Å². The minimum atomic E-state index is -4.08. The molecule has 0 aliphatic rings. The van der Waals surface area contributed by atoms with Crippen LogP contribution < -0.4 is 14.2 Å². The normalized spacial score (nSPS) is 11.3. The molecule has 3 rings (SSSR count). The Morgan fingerprint density at radius 3 is 2.43 bits per heavy atom. The second-order valence-electron chi connectivity index (χ2n) is 6.04. The number of anilines is 1. The summed E-state index contributed by atoms with van der Waals surface area (Å²) >= 11 is 0. The molecular formula is C19H20N2O6S. The molecule has 0 radical (unpaired) electrons. The maximum Gasteiger partial charge on any atom is 0.356 e. The lowest BCUT2D eigenvalue weighted by Crippen LogP contribution is -2.16. The number of hydrogen-bond donors (Lipinski definition) is 2. The fourth-order valence-corrected chi connectivity index (χ4v) is 4.10. The molecular weight excluding hydrogens is 384 g/mol. The molecule has 1 heterocycles. The number of aryl methyl sites for hydroxylation is 1. The molecule has 3 aromatic rings. The lowest BCUT2D eigenvalue weighted by Gasteiger charge is -2.13. The summed E-state index contributed by atoms with van der Waals surface area (Å²) < 4.78 is 43.7. The van der Waals surface area contributed by atoms with Crippen LogP contribution in [-0.2, 0) is 14.8 Å². The van der Waals surface area contributed by atoms with Crippen molar-refractivity contribution in [2.24, 2.45) is 0 Å². The zero-order valence-corrected chi connectivity index (χ0v) is 16.6. The fraction of sp³-hybridized carbons (Fsp3) is 0.211. The van der Waals surface area contributed by atoms with Crippen molar-refractivity contribution in [2.75, 3.05) is 26.1 Å². The number of hydrogen-bond acceptors (Lipinski definition) is 6. The molecule has 1 aromatic heterocycles. The zero-order valence-electron chi connectivity index (χ0n) is 15.8. The Morgan fingerprint density at radius 1 is 1.04 bits per heavy atom. The average Bonchev–Trinajstić information content (AvgIpc) is 3.03. The van der Waals surface area contributed by atoms with Gasteiger partial charge in [-0.1, -0.05) is 11.6 Å². The van der Waals surface area contributed by atoms with Crippen LogP contribution in [0.1, 0.15) is 16.1 Å². The van der Waals surface area contributed by atoms with Crippen LogP contribution in [0.3, 0.4) is 0 Å². The number of aromatic amines is 1. The van der Waals surface area contributed by atoms with Gasteiger partial charge in [-0.3, -0.25) is 4.72 Å². The van der Waals surface area contributed by atoms with E-state index in [-0.39, 0.29) is 22.0 Å². The number of benzene rings is 2. The van der Waals surface area contributed by atoms with E-state index in [9.17, 15) is 13.2 Å². The first-order chi connectivity index (χ1) is 13.3. The van der Waals surface area contributed by atoms with E-state index in [1.165, 1.54) is 39.5 Å². The Morgan fingerprint density at radius 2 is 1.79 bits per heavy atom. The van der Waals surface area contributed by atoms with Gasteiger partial charge < -0.3 is 19.2 Å². The highest BCUT2D eigenvalue weighted by atomic mass is 32.2. The molecule has 0 unspecified atom stereocenters. The first-order valence-electron chi connectivity index (χ1n) is 8.26. The fourth-order valence-electron chi connectivity index (χ4n) is 2.85. The summed E-state index contributed by atoms with van der Waals surface area (Å²) in [7, 11) is -0.0176. The highest BCUT2D eigenvalue weighted by Crippen LogP contribution is 2.34. The molecule has 2 N–H and O–H groups in total. The third-order valence-electron chi connectivity index (χ3n) is 4.24. The van der Waals surface area contributed by atoms with Crippen molar-refractivity contribution >= 4 is 32.6 Å². The zero-order chi connectivity index (χ0) is 20.5. The van der Waals surface area contributed by atoms with E-state index in [4.69, 9.17) is 14.2 Å². The van der Waals surface area contributed by atoms with E-state index in [1.807, 2.05) is 13.0 Å². The molecule has 0 saturated heterocycles. The van der Waals surface area contributed by atoms with Crippen molar-refractivity contribution in [3.8, 4) is 11.5 Å². The monoisotopic (exact) mass is 404 g/mol. The SMILES string of the molecule is COC(=O)c1[nH]c2ccc(C)cc2c1NS(=O)(=O)c1ccc(OC)cc1OC. The van der Waals surface area contributed by atoms with Gasteiger partial charge in [-0.25, -0.2) is 13.2 Å². The number of nitrogens with one attached hydrogen (secondary N) is 2. The second kappa shape index (κ2) is 7.43. The number of carbonyl (C=O) groups is 1. The van der Waals surface area contributed by atoms with Crippen molar-refractivity contribution in [3.05, 3.63) is 47.7 Å². The van der Waals surface area contributed by atoms with E-state index in [0.29, 0.717) is 16.7 Å². The molecule has 0 aliphatic heterocycles. The van der Waals surface area contributed by atoms with Gasteiger partial charge in [-0.15, -0.1) is 0 Å². The molecule has 2 aromatic carbocycles. The van der Waals surface area contributed by atoms with Gasteiger partial charge in [-0.05, 0) is 31.2 Å². The summed E-state index contributed by atoms with van der Waals surface area (Å²) in [5.74, 6) is -0.121. The molecule has 0 saturated carbocycles. The third kappa shape index (κ3) is 3.48. The Balaban J connectivity index is 2.16. The predicted octanol–water partition coefficient (Wildman–Crippen LogP) is 3.08. The Bertz CT molecular complexity index is 1150. The summed E-state index contributed by atoms with van der Waals surface area (Å²) in [5, 5.41) is 0.552. The van der Waals surface area contributed by atoms with E-state index in [2.05, 4.69) is 9.71 Å². The lowest BCUT2D eigenvalue weighted by atomic mass is 10.1. The average molecular weight is 404 g/mol. The van der Waals surface area contributed by atoms with Gasteiger partial charge >= 0.3 is 5.97 Å². The van der Waals surface area contributed by atoms with Gasteiger partial charge in [-0.2, -0.15) is 0 Å². The van der Waals surface area contributed by atoms with Gasteiger partial charge in [0.1, 0.15) is 16.4 Å². The number of ether oxygens (including phenoxy) is 3. The summed E-state index contributed by atoms with van der Waals surface area (Å²) in [6, 6.07) is 9.75. The molecule has 148 valence electrons. The van der Waals surface area contributed by atoms with Crippen LogP contribution in [0.4, 0.5) is 5.69 Å². The summed E-state index contributed by atoms with van der Waals surface area (Å²) in [6.45, 7) is 1.87. The summed E-state index contributed by atoms with van der Waals surface area (Å²) in [6.07, 6.45) is 0. The molecule has 8 nitrogen and oxygen atoms in total. The van der Waals surface area contributed by atoms with Crippen molar-refractivity contribution in [1.82, 2.24) is 4.98 Å². The predicted molar refractivity (Wildman–Crippen MR) is 105 cm³/mol. The molecule has 0 aliphatic carbocycles.